The fourth-order valence-electron chi connectivity index (χ4n) is 0.757. The molecule has 1 aromatic heterocycles. The summed E-state index contributed by atoms with van der Waals surface area (Å²) in [6, 6.07) is 5.67. The van der Waals surface area contributed by atoms with E-state index in [0.717, 1.165) is 11.4 Å². The Bertz CT molecular complexity index is 282. The van der Waals surface area contributed by atoms with Crippen molar-refractivity contribution in [1.29, 1.82) is 0 Å². The summed E-state index contributed by atoms with van der Waals surface area (Å²) < 4.78 is 0. The number of rotatable bonds is 3. The first kappa shape index (κ1) is 8.80. The van der Waals surface area contributed by atoms with E-state index in [9.17, 15) is 0 Å². The van der Waals surface area contributed by atoms with Crippen LogP contribution in [0.4, 0.5) is 0 Å². The molecule has 0 atom stereocenters. The van der Waals surface area contributed by atoms with Gasteiger partial charge in [0.25, 0.3) is 0 Å². The molecule has 0 fully saturated rings. The second kappa shape index (κ2) is 4.56. The highest BCUT2D eigenvalue weighted by Crippen LogP contribution is 1.94. The fraction of sp³-hybridized carbons (Fsp3) is 0.125. The van der Waals surface area contributed by atoms with Crippen LogP contribution >= 0.6 is 12.2 Å². The molecular weight excluding hydrogens is 170 g/mol. The lowest BCUT2D eigenvalue weighted by Gasteiger charge is -1.97. The number of hydrazone groups is 1. The van der Waals surface area contributed by atoms with Crippen LogP contribution in [0.15, 0.2) is 29.5 Å². The zero-order valence-electron chi connectivity index (χ0n) is 6.69. The van der Waals surface area contributed by atoms with Crippen LogP contribution in [0.25, 0.3) is 0 Å². The molecule has 0 aliphatic heterocycles. The van der Waals surface area contributed by atoms with E-state index in [2.05, 4.69) is 27.7 Å². The molecule has 0 unspecified atom stereocenters. The average molecular weight is 179 g/mol. The van der Waals surface area contributed by atoms with Crippen molar-refractivity contribution < 1.29 is 0 Å². The van der Waals surface area contributed by atoms with E-state index in [1.54, 1.807) is 6.20 Å². The Kier molecular flexibility index (Phi) is 3.35. The third-order valence-corrected chi connectivity index (χ3v) is 1.43. The Morgan fingerprint density at radius 1 is 1.67 bits per heavy atom. The first-order chi connectivity index (χ1) is 5.84. The maximum Gasteiger partial charge on any atom is 0.0859 e. The number of hydrogen-bond acceptors (Lipinski definition) is 3. The van der Waals surface area contributed by atoms with Crippen LogP contribution in [0.2, 0.25) is 0 Å². The molecule has 1 aromatic rings. The molecule has 1 rings (SSSR count). The zero-order valence-corrected chi connectivity index (χ0v) is 7.51. The monoisotopic (exact) mass is 179 g/mol. The first-order valence-electron chi connectivity index (χ1n) is 3.49. The summed E-state index contributed by atoms with van der Waals surface area (Å²) >= 11 is 4.56. The molecule has 1 N–H and O–H groups in total. The second-order valence-electron chi connectivity index (χ2n) is 2.16. The molecule has 0 radical (unpaired) electrons. The van der Waals surface area contributed by atoms with Gasteiger partial charge in [0, 0.05) is 6.20 Å². The van der Waals surface area contributed by atoms with Gasteiger partial charge in [-0.3, -0.25) is 10.4 Å². The quantitative estimate of drug-likeness (QED) is 0.432. The molecule has 0 saturated carbocycles. The summed E-state index contributed by atoms with van der Waals surface area (Å²) in [5.74, 6) is 0. The van der Waals surface area contributed by atoms with E-state index < -0.39 is 0 Å². The molecule has 0 bridgehead atoms. The molecule has 1 heterocycles. The summed E-state index contributed by atoms with van der Waals surface area (Å²) in [6.45, 7) is 1.87. The van der Waals surface area contributed by atoms with Crippen molar-refractivity contribution >= 4 is 23.4 Å². The second-order valence-corrected chi connectivity index (χ2v) is 2.39. The van der Waals surface area contributed by atoms with Gasteiger partial charge in [-0.25, -0.2) is 0 Å². The van der Waals surface area contributed by atoms with Gasteiger partial charge < -0.3 is 0 Å². The molecule has 0 aromatic carbocycles. The summed E-state index contributed by atoms with van der Waals surface area (Å²) in [4.78, 5) is 4.11. The summed E-state index contributed by atoms with van der Waals surface area (Å²) in [6.07, 6.45) is 1.73. The van der Waals surface area contributed by atoms with Gasteiger partial charge in [-0.05, 0) is 19.1 Å². The predicted octanol–water partition coefficient (Wildman–Crippen LogP) is 1.35. The maximum atomic E-state index is 4.56. The average Bonchev–Trinajstić information content (AvgIpc) is 2.15. The van der Waals surface area contributed by atoms with Gasteiger partial charge in [0.1, 0.15) is 0 Å². The van der Waals surface area contributed by atoms with Crippen molar-refractivity contribution in [1.82, 2.24) is 10.4 Å². The topological polar surface area (TPSA) is 37.3 Å². The molecule has 4 heteroatoms. The van der Waals surface area contributed by atoms with Gasteiger partial charge in [-0.1, -0.05) is 18.3 Å². The predicted molar refractivity (Wildman–Crippen MR) is 53.2 cm³/mol. The van der Waals surface area contributed by atoms with Crippen LogP contribution in [0.1, 0.15) is 12.6 Å². The molecule has 0 aliphatic carbocycles. The zero-order chi connectivity index (χ0) is 8.81. The smallest absolute Gasteiger partial charge is 0.0859 e. The Morgan fingerprint density at radius 3 is 3.08 bits per heavy atom. The largest absolute Gasteiger partial charge is 0.275 e. The van der Waals surface area contributed by atoms with E-state index in [4.69, 9.17) is 0 Å². The highest BCUT2D eigenvalue weighted by molar-refractivity contribution is 7.78. The lowest BCUT2D eigenvalue weighted by molar-refractivity contribution is 1.06. The van der Waals surface area contributed by atoms with E-state index in [0.29, 0.717) is 0 Å². The number of aromatic nitrogens is 1. The van der Waals surface area contributed by atoms with Crippen molar-refractivity contribution in [2.75, 3.05) is 0 Å². The van der Waals surface area contributed by atoms with Gasteiger partial charge >= 0.3 is 0 Å². The normalized spacial score (nSPS) is 10.9. The van der Waals surface area contributed by atoms with Crippen LogP contribution in [0.5, 0.6) is 0 Å². The third-order valence-electron chi connectivity index (χ3n) is 1.32. The van der Waals surface area contributed by atoms with Gasteiger partial charge in [0.05, 0.1) is 16.9 Å². The van der Waals surface area contributed by atoms with Crippen molar-refractivity contribution in [2.45, 2.75) is 6.92 Å². The molecule has 0 amide bonds. The molecule has 12 heavy (non-hydrogen) atoms. The Labute approximate surface area is 76.5 Å². The van der Waals surface area contributed by atoms with Crippen molar-refractivity contribution in [3.63, 3.8) is 0 Å². The molecule has 0 saturated heterocycles. The summed E-state index contributed by atoms with van der Waals surface area (Å²) in [5, 5.41) is 3.96. The molecular formula is C8H9N3S. The molecule has 0 spiro atoms. The van der Waals surface area contributed by atoms with Gasteiger partial charge in [0.2, 0.25) is 0 Å². The molecule has 62 valence electrons. The number of nitrogens with one attached hydrogen (secondary N) is 1. The third kappa shape index (κ3) is 2.39. The molecule has 3 nitrogen and oxygen atoms in total. The minimum atomic E-state index is 0.816. The van der Waals surface area contributed by atoms with Gasteiger partial charge in [-0.2, -0.15) is 5.10 Å². The minimum absolute atomic E-state index is 0.816. The van der Waals surface area contributed by atoms with Gasteiger partial charge in [-0.15, -0.1) is 0 Å². The van der Waals surface area contributed by atoms with Crippen molar-refractivity contribution in [3.05, 3.63) is 30.1 Å². The Hall–Kier alpha value is -1.29. The SMILES string of the molecule is CC(=NNC=S)c1ccccn1. The van der Waals surface area contributed by atoms with Crippen LogP contribution in [0.3, 0.4) is 0 Å². The maximum absolute atomic E-state index is 4.56. The standard InChI is InChI=1S/C8H9N3S/c1-7(11-10-6-12)8-4-2-3-5-9-8/h2-6H,1H3,(H,10,12). The van der Waals surface area contributed by atoms with Gasteiger partial charge in [0.15, 0.2) is 0 Å². The Balaban J connectivity index is 2.77. The highest BCUT2D eigenvalue weighted by atomic mass is 32.1. The number of nitrogens with zero attached hydrogens (tertiary/aromatic N) is 2. The van der Waals surface area contributed by atoms with E-state index >= 15 is 0 Å². The van der Waals surface area contributed by atoms with Crippen LogP contribution < -0.4 is 5.43 Å². The van der Waals surface area contributed by atoms with E-state index in [1.807, 2.05) is 25.1 Å². The van der Waals surface area contributed by atoms with Crippen LogP contribution in [-0.2, 0) is 0 Å². The Morgan fingerprint density at radius 2 is 2.50 bits per heavy atom. The summed E-state index contributed by atoms with van der Waals surface area (Å²) in [5.41, 5.74) is 5.60. The fourth-order valence-corrected chi connectivity index (χ4v) is 0.810. The number of hydrogen-bond donors (Lipinski definition) is 1. The van der Waals surface area contributed by atoms with Crippen LogP contribution in [-0.4, -0.2) is 16.2 Å². The van der Waals surface area contributed by atoms with Crippen LogP contribution in [0, 0.1) is 0 Å². The number of thiocarbonyl (C=S) groups is 1. The van der Waals surface area contributed by atoms with E-state index in [1.165, 1.54) is 5.49 Å². The lowest BCUT2D eigenvalue weighted by Crippen LogP contribution is -2.06. The summed E-state index contributed by atoms with van der Waals surface area (Å²) in [7, 11) is 0. The molecule has 0 aliphatic rings. The number of pyridine rings is 1. The van der Waals surface area contributed by atoms with Crippen molar-refractivity contribution in [2.24, 2.45) is 5.10 Å². The van der Waals surface area contributed by atoms with Crippen molar-refractivity contribution in [3.8, 4) is 0 Å². The minimum Gasteiger partial charge on any atom is -0.275 e. The highest BCUT2D eigenvalue weighted by Gasteiger charge is 1.94. The first-order valence-corrected chi connectivity index (χ1v) is 3.96. The van der Waals surface area contributed by atoms with E-state index in [-0.39, 0.29) is 0 Å². The lowest BCUT2D eigenvalue weighted by atomic mass is 10.3.